The van der Waals surface area contributed by atoms with Crippen LogP contribution >= 0.6 is 0 Å². The number of halogens is 1. The van der Waals surface area contributed by atoms with E-state index in [1.54, 1.807) is 12.1 Å². The monoisotopic (exact) mass is 511 g/mol. The molecule has 0 aromatic heterocycles. The fourth-order valence-corrected chi connectivity index (χ4v) is 2.81. The molecular weight excluding hydrogens is 477 g/mol. The van der Waals surface area contributed by atoms with Gasteiger partial charge in [0.15, 0.2) is 0 Å². The normalized spacial score (nSPS) is 12.0. The van der Waals surface area contributed by atoms with Crippen molar-refractivity contribution in [2.75, 3.05) is 33.8 Å². The average molecular weight is 511 g/mol. The molecule has 1 atom stereocenters. The standard InChI is InChI=1S/C24H34NO3.HI/c1-5-7-19-27-22-15-13-21(14-16-22)24(26)28-23(17-18-25(3,4)6-2)20-11-9-8-10-12-20;/h8-16,23H,5-7,17-19H2,1-4H3;1H/q+1;/p-1. The number of hydrogen-bond donors (Lipinski definition) is 0. The Bertz CT molecular complexity index is 717. The van der Waals surface area contributed by atoms with Gasteiger partial charge in [-0.15, -0.1) is 0 Å². The molecule has 2 aromatic rings. The average Bonchev–Trinajstić information content (AvgIpc) is 2.72. The highest BCUT2D eigenvalue weighted by Crippen LogP contribution is 2.24. The lowest BCUT2D eigenvalue weighted by Crippen LogP contribution is -3.00. The van der Waals surface area contributed by atoms with Gasteiger partial charge in [0.2, 0.25) is 0 Å². The molecule has 1 unspecified atom stereocenters. The molecule has 4 nitrogen and oxygen atoms in total. The number of esters is 1. The van der Waals surface area contributed by atoms with E-state index in [0.29, 0.717) is 12.2 Å². The molecule has 160 valence electrons. The Balaban J connectivity index is 0.00000420. The number of ether oxygens (including phenoxy) is 2. The lowest BCUT2D eigenvalue weighted by Gasteiger charge is -2.30. The molecule has 2 aromatic carbocycles. The second-order valence-electron chi connectivity index (χ2n) is 7.80. The fourth-order valence-electron chi connectivity index (χ4n) is 2.81. The van der Waals surface area contributed by atoms with E-state index >= 15 is 0 Å². The SMILES string of the molecule is CCCCOc1ccc(C(=O)OC(CC[N+](C)(C)CC)c2ccccc2)cc1.[I-]. The summed E-state index contributed by atoms with van der Waals surface area (Å²) in [6.07, 6.45) is 2.65. The van der Waals surface area contributed by atoms with Gasteiger partial charge in [-0.25, -0.2) is 4.79 Å². The summed E-state index contributed by atoms with van der Waals surface area (Å²) in [5.74, 6) is 0.488. The van der Waals surface area contributed by atoms with Crippen LogP contribution in [0.1, 0.15) is 55.1 Å². The molecule has 0 bridgehead atoms. The maximum atomic E-state index is 12.7. The van der Waals surface area contributed by atoms with Crippen LogP contribution in [0.25, 0.3) is 0 Å². The van der Waals surface area contributed by atoms with E-state index in [1.807, 2.05) is 42.5 Å². The van der Waals surface area contributed by atoms with Crippen LogP contribution in [0.3, 0.4) is 0 Å². The third-order valence-corrected chi connectivity index (χ3v) is 5.13. The Morgan fingerprint density at radius 1 is 1.00 bits per heavy atom. The number of hydrogen-bond acceptors (Lipinski definition) is 3. The third-order valence-electron chi connectivity index (χ3n) is 5.13. The smallest absolute Gasteiger partial charge is 0.338 e. The van der Waals surface area contributed by atoms with Gasteiger partial charge in [-0.2, -0.15) is 0 Å². The fraction of sp³-hybridized carbons (Fsp3) is 0.458. The van der Waals surface area contributed by atoms with Gasteiger partial charge in [0.05, 0.1) is 39.4 Å². The first-order valence-electron chi connectivity index (χ1n) is 10.3. The van der Waals surface area contributed by atoms with Gasteiger partial charge in [-0.3, -0.25) is 0 Å². The molecule has 0 aliphatic rings. The molecule has 5 heteroatoms. The van der Waals surface area contributed by atoms with Crippen molar-refractivity contribution < 1.29 is 42.7 Å². The highest BCUT2D eigenvalue weighted by atomic mass is 127. The van der Waals surface area contributed by atoms with Gasteiger partial charge in [0.1, 0.15) is 11.9 Å². The highest BCUT2D eigenvalue weighted by molar-refractivity contribution is 5.89. The molecule has 0 N–H and O–H groups in total. The lowest BCUT2D eigenvalue weighted by atomic mass is 10.1. The van der Waals surface area contributed by atoms with Gasteiger partial charge >= 0.3 is 5.97 Å². The summed E-state index contributed by atoms with van der Waals surface area (Å²) in [7, 11) is 4.39. The van der Waals surface area contributed by atoms with E-state index in [-0.39, 0.29) is 36.0 Å². The largest absolute Gasteiger partial charge is 1.00 e. The van der Waals surface area contributed by atoms with Crippen LogP contribution in [0, 0.1) is 0 Å². The quantitative estimate of drug-likeness (QED) is 0.201. The second kappa shape index (κ2) is 12.9. The zero-order valence-corrected chi connectivity index (χ0v) is 20.2. The molecule has 0 spiro atoms. The summed E-state index contributed by atoms with van der Waals surface area (Å²) in [5.41, 5.74) is 1.58. The number of unbranched alkanes of at least 4 members (excludes halogenated alkanes) is 1. The summed E-state index contributed by atoms with van der Waals surface area (Å²) < 4.78 is 12.5. The third kappa shape index (κ3) is 8.74. The van der Waals surface area contributed by atoms with Crippen LogP contribution in [-0.2, 0) is 4.74 Å². The molecule has 0 aliphatic carbocycles. The Morgan fingerprint density at radius 3 is 2.24 bits per heavy atom. The molecule has 0 aliphatic heterocycles. The Labute approximate surface area is 192 Å². The van der Waals surface area contributed by atoms with E-state index in [2.05, 4.69) is 27.9 Å². The first kappa shape index (κ1) is 25.4. The Hall–Kier alpha value is -1.60. The Morgan fingerprint density at radius 2 is 1.66 bits per heavy atom. The Kier molecular flexibility index (Phi) is 11.3. The molecule has 0 saturated carbocycles. The van der Waals surface area contributed by atoms with Gasteiger partial charge in [0.25, 0.3) is 0 Å². The molecule has 0 radical (unpaired) electrons. The van der Waals surface area contributed by atoms with Crippen LogP contribution < -0.4 is 28.7 Å². The van der Waals surface area contributed by atoms with Crippen molar-refractivity contribution >= 4 is 5.97 Å². The lowest BCUT2D eigenvalue weighted by molar-refractivity contribution is -0.889. The maximum Gasteiger partial charge on any atom is 0.338 e. The van der Waals surface area contributed by atoms with Crippen molar-refractivity contribution in [3.63, 3.8) is 0 Å². The van der Waals surface area contributed by atoms with Crippen LogP contribution in [0.5, 0.6) is 5.75 Å². The number of carbonyl (C=O) groups is 1. The van der Waals surface area contributed by atoms with Gasteiger partial charge in [0, 0.05) is 6.42 Å². The molecule has 2 rings (SSSR count). The zero-order chi connectivity index (χ0) is 20.4. The number of nitrogens with zero attached hydrogens (tertiary/aromatic N) is 1. The van der Waals surface area contributed by atoms with E-state index in [0.717, 1.165) is 48.1 Å². The molecule has 0 fully saturated rings. The van der Waals surface area contributed by atoms with E-state index in [9.17, 15) is 4.79 Å². The first-order valence-corrected chi connectivity index (χ1v) is 10.3. The minimum absolute atomic E-state index is 0. The predicted octanol–water partition coefficient (Wildman–Crippen LogP) is 2.25. The summed E-state index contributed by atoms with van der Waals surface area (Å²) in [4.78, 5) is 12.7. The van der Waals surface area contributed by atoms with Gasteiger partial charge in [-0.05, 0) is 43.2 Å². The van der Waals surface area contributed by atoms with Crippen molar-refractivity contribution in [3.8, 4) is 5.75 Å². The van der Waals surface area contributed by atoms with Gasteiger partial charge in [-0.1, -0.05) is 43.7 Å². The van der Waals surface area contributed by atoms with Gasteiger partial charge < -0.3 is 37.9 Å². The summed E-state index contributed by atoms with van der Waals surface area (Å²) >= 11 is 0. The maximum absolute atomic E-state index is 12.7. The molecule has 29 heavy (non-hydrogen) atoms. The predicted molar refractivity (Wildman–Crippen MR) is 114 cm³/mol. The minimum atomic E-state index is -0.296. The van der Waals surface area contributed by atoms with Crippen LogP contribution in [0.15, 0.2) is 54.6 Å². The van der Waals surface area contributed by atoms with Crippen molar-refractivity contribution in [2.24, 2.45) is 0 Å². The van der Waals surface area contributed by atoms with E-state index in [4.69, 9.17) is 9.47 Å². The van der Waals surface area contributed by atoms with Crippen molar-refractivity contribution in [3.05, 3.63) is 65.7 Å². The van der Waals surface area contributed by atoms with Crippen LogP contribution in [0.4, 0.5) is 0 Å². The topological polar surface area (TPSA) is 35.5 Å². The van der Waals surface area contributed by atoms with E-state index in [1.165, 1.54) is 0 Å². The summed E-state index contributed by atoms with van der Waals surface area (Å²) in [5, 5.41) is 0. The number of quaternary nitrogens is 1. The summed E-state index contributed by atoms with van der Waals surface area (Å²) in [6.45, 7) is 6.98. The van der Waals surface area contributed by atoms with Crippen molar-refractivity contribution in [1.82, 2.24) is 0 Å². The van der Waals surface area contributed by atoms with Crippen LogP contribution in [0.2, 0.25) is 0 Å². The zero-order valence-electron chi connectivity index (χ0n) is 18.1. The second-order valence-corrected chi connectivity index (χ2v) is 7.80. The minimum Gasteiger partial charge on any atom is -1.00 e. The van der Waals surface area contributed by atoms with Crippen LogP contribution in [-0.4, -0.2) is 44.2 Å². The summed E-state index contributed by atoms with van der Waals surface area (Å²) in [6, 6.07) is 17.2. The first-order chi connectivity index (χ1) is 13.4. The molecule has 0 amide bonds. The molecular formula is C24H34INO3. The van der Waals surface area contributed by atoms with E-state index < -0.39 is 0 Å². The molecule has 0 saturated heterocycles. The van der Waals surface area contributed by atoms with Crippen molar-refractivity contribution in [1.29, 1.82) is 0 Å². The van der Waals surface area contributed by atoms with Crippen molar-refractivity contribution in [2.45, 2.75) is 39.2 Å². The number of benzene rings is 2. The highest BCUT2D eigenvalue weighted by Gasteiger charge is 2.22. The molecule has 0 heterocycles. The number of carbonyl (C=O) groups excluding carboxylic acids is 1. The number of rotatable bonds is 11.